The molecule has 0 radical (unpaired) electrons. The highest BCUT2D eigenvalue weighted by molar-refractivity contribution is 5.79. The molecule has 8 nitrogen and oxygen atoms in total. The normalized spacial score (nSPS) is 18.2. The van der Waals surface area contributed by atoms with E-state index in [4.69, 9.17) is 0 Å². The third-order valence-corrected chi connectivity index (χ3v) is 8.39. The minimum atomic E-state index is -0.304. The first kappa shape index (κ1) is 24.8. The summed E-state index contributed by atoms with van der Waals surface area (Å²) in [5, 5.41) is 14.2. The van der Waals surface area contributed by atoms with Crippen molar-refractivity contribution in [3.63, 3.8) is 0 Å². The van der Waals surface area contributed by atoms with Gasteiger partial charge in [0.2, 0.25) is 0 Å². The summed E-state index contributed by atoms with van der Waals surface area (Å²) in [6.45, 7) is 9.82. The molecular weight excluding hydrogens is 474 g/mol. The van der Waals surface area contributed by atoms with Crippen molar-refractivity contribution in [2.45, 2.75) is 65.0 Å². The van der Waals surface area contributed by atoms with Crippen LogP contribution in [0.5, 0.6) is 0 Å². The van der Waals surface area contributed by atoms with Crippen LogP contribution in [-0.2, 0) is 0 Å². The van der Waals surface area contributed by atoms with E-state index in [0.717, 1.165) is 61.3 Å². The van der Waals surface area contributed by atoms with E-state index in [1.54, 1.807) is 0 Å². The minimum Gasteiger partial charge on any atom is -0.369 e. The Kier molecular flexibility index (Phi) is 6.74. The number of hydrogen-bond donors (Lipinski definition) is 1. The Balaban J connectivity index is 1.39. The van der Waals surface area contributed by atoms with Crippen molar-refractivity contribution in [2.24, 2.45) is 0 Å². The van der Waals surface area contributed by atoms with Crippen LogP contribution in [0.1, 0.15) is 72.3 Å². The molecule has 1 unspecified atom stereocenters. The number of rotatable bonds is 5. The first-order chi connectivity index (χ1) is 18.5. The van der Waals surface area contributed by atoms with Crippen LogP contribution in [0.4, 0.5) is 5.69 Å². The molecule has 6 rings (SSSR count). The zero-order chi connectivity index (χ0) is 26.2. The summed E-state index contributed by atoms with van der Waals surface area (Å²) >= 11 is 0. The number of aryl methyl sites for hydroxylation is 3. The van der Waals surface area contributed by atoms with Gasteiger partial charge in [-0.05, 0) is 84.8 Å². The minimum absolute atomic E-state index is 0.0681. The number of nitrogens with zero attached hydrogens (tertiary/aromatic N) is 6. The molecule has 1 atom stereocenters. The molecule has 0 amide bonds. The molecule has 1 N–H and O–H groups in total. The Morgan fingerprint density at radius 3 is 2.42 bits per heavy atom. The van der Waals surface area contributed by atoms with E-state index in [1.807, 2.05) is 16.8 Å². The maximum atomic E-state index is 13.6. The van der Waals surface area contributed by atoms with Gasteiger partial charge in [0.05, 0.1) is 6.04 Å². The monoisotopic (exact) mass is 511 g/mol. The number of H-pyrrole nitrogens is 1. The topological polar surface area (TPSA) is 82.9 Å². The van der Waals surface area contributed by atoms with Gasteiger partial charge in [0, 0.05) is 42.9 Å². The second-order valence-electron chi connectivity index (χ2n) is 11.1. The average Bonchev–Trinajstić information content (AvgIpc) is 3.41. The number of pyridine rings is 1. The van der Waals surface area contributed by atoms with Crippen molar-refractivity contribution < 1.29 is 0 Å². The third-order valence-electron chi connectivity index (χ3n) is 8.39. The molecule has 2 aromatic heterocycles. The molecule has 2 aromatic carbocycles. The fourth-order valence-corrected chi connectivity index (χ4v) is 6.29. The van der Waals surface area contributed by atoms with Crippen molar-refractivity contribution in [3.05, 3.63) is 80.9 Å². The van der Waals surface area contributed by atoms with Crippen LogP contribution in [-0.4, -0.2) is 56.3 Å². The van der Waals surface area contributed by atoms with Gasteiger partial charge < -0.3 is 9.88 Å². The van der Waals surface area contributed by atoms with Gasteiger partial charge in [-0.2, -0.15) is 0 Å². The Hall–Kier alpha value is -3.52. The molecule has 8 heteroatoms. The molecule has 38 heavy (non-hydrogen) atoms. The molecule has 2 aliphatic rings. The van der Waals surface area contributed by atoms with Gasteiger partial charge in [-0.3, -0.25) is 9.69 Å². The van der Waals surface area contributed by atoms with E-state index >= 15 is 0 Å². The zero-order valence-corrected chi connectivity index (χ0v) is 22.7. The lowest BCUT2D eigenvalue weighted by molar-refractivity contribution is 0.192. The Morgan fingerprint density at radius 2 is 1.63 bits per heavy atom. The standard InChI is InChI=1S/C30H37N7O/c1-20-10-12-26-23(17-20)19-25(30(38)31-26)28(29-32-33-34-37(29)24-7-5-4-6-8-24)36-15-13-35(14-16-36)27-18-21(2)9-11-22(27)3/h9-12,17-19,24,28H,4-8,13-16H2,1-3H3,(H,31,38). The van der Waals surface area contributed by atoms with E-state index in [1.165, 1.54) is 41.6 Å². The van der Waals surface area contributed by atoms with Crippen molar-refractivity contribution in [3.8, 4) is 0 Å². The number of aromatic nitrogens is 5. The van der Waals surface area contributed by atoms with E-state index in [2.05, 4.69) is 81.4 Å². The SMILES string of the molecule is Cc1ccc(C)c(N2CCN(C(c3cc4cc(C)ccc4[nH]c3=O)c3nnnn3C3CCCCC3)CC2)c1. The van der Waals surface area contributed by atoms with Gasteiger partial charge in [-0.1, -0.05) is 43.0 Å². The van der Waals surface area contributed by atoms with Crippen LogP contribution in [0, 0.1) is 20.8 Å². The van der Waals surface area contributed by atoms with Crippen LogP contribution in [0.15, 0.2) is 47.3 Å². The molecule has 1 saturated heterocycles. The quantitative estimate of drug-likeness (QED) is 0.412. The van der Waals surface area contributed by atoms with E-state index in [0.29, 0.717) is 0 Å². The van der Waals surface area contributed by atoms with Gasteiger partial charge in [-0.15, -0.1) is 5.10 Å². The molecule has 1 aliphatic heterocycles. The Labute approximate surface area is 223 Å². The zero-order valence-electron chi connectivity index (χ0n) is 22.7. The van der Waals surface area contributed by atoms with Crippen molar-refractivity contribution >= 4 is 16.6 Å². The third kappa shape index (κ3) is 4.73. The van der Waals surface area contributed by atoms with Gasteiger partial charge in [0.15, 0.2) is 5.82 Å². The van der Waals surface area contributed by atoms with Crippen LogP contribution >= 0.6 is 0 Å². The predicted octanol–water partition coefficient (Wildman–Crippen LogP) is 4.86. The van der Waals surface area contributed by atoms with Gasteiger partial charge >= 0.3 is 0 Å². The number of tetrazole rings is 1. The molecule has 1 aliphatic carbocycles. The number of anilines is 1. The number of nitrogens with one attached hydrogen (secondary N) is 1. The largest absolute Gasteiger partial charge is 0.369 e. The van der Waals surface area contributed by atoms with Gasteiger partial charge in [0.25, 0.3) is 5.56 Å². The van der Waals surface area contributed by atoms with Gasteiger partial charge in [-0.25, -0.2) is 4.68 Å². The number of benzene rings is 2. The summed E-state index contributed by atoms with van der Waals surface area (Å²) in [6.07, 6.45) is 5.82. The second kappa shape index (κ2) is 10.3. The number of aromatic amines is 1. The molecule has 198 valence electrons. The summed E-state index contributed by atoms with van der Waals surface area (Å²) in [4.78, 5) is 21.6. The maximum absolute atomic E-state index is 13.6. The van der Waals surface area contributed by atoms with E-state index in [-0.39, 0.29) is 17.6 Å². The van der Waals surface area contributed by atoms with Crippen LogP contribution in [0.2, 0.25) is 0 Å². The molecule has 0 bridgehead atoms. The van der Waals surface area contributed by atoms with Crippen LogP contribution < -0.4 is 10.5 Å². The highest BCUT2D eigenvalue weighted by atomic mass is 16.1. The maximum Gasteiger partial charge on any atom is 0.253 e. The van der Waals surface area contributed by atoms with Crippen LogP contribution in [0.25, 0.3) is 10.9 Å². The van der Waals surface area contributed by atoms with Crippen molar-refractivity contribution in [1.82, 2.24) is 30.1 Å². The fraction of sp³-hybridized carbons (Fsp3) is 0.467. The van der Waals surface area contributed by atoms with Crippen LogP contribution in [0.3, 0.4) is 0 Å². The highest BCUT2D eigenvalue weighted by Crippen LogP contribution is 2.34. The average molecular weight is 512 g/mol. The Morgan fingerprint density at radius 1 is 0.895 bits per heavy atom. The number of hydrogen-bond acceptors (Lipinski definition) is 6. The first-order valence-corrected chi connectivity index (χ1v) is 14.0. The first-order valence-electron chi connectivity index (χ1n) is 14.0. The Bertz CT molecular complexity index is 1490. The van der Waals surface area contributed by atoms with Crippen molar-refractivity contribution in [1.29, 1.82) is 0 Å². The smallest absolute Gasteiger partial charge is 0.253 e. The summed E-state index contributed by atoms with van der Waals surface area (Å²) in [5.41, 5.74) is 6.54. The number of piperazine rings is 1. The predicted molar refractivity (Wildman–Crippen MR) is 151 cm³/mol. The molecule has 4 aromatic rings. The molecule has 1 saturated carbocycles. The summed E-state index contributed by atoms with van der Waals surface area (Å²) in [7, 11) is 0. The summed E-state index contributed by atoms with van der Waals surface area (Å²) in [5.74, 6) is 0.787. The molecule has 3 heterocycles. The fourth-order valence-electron chi connectivity index (χ4n) is 6.29. The lowest BCUT2D eigenvalue weighted by Crippen LogP contribution is -2.49. The second-order valence-corrected chi connectivity index (χ2v) is 11.1. The number of fused-ring (bicyclic) bond motifs is 1. The highest BCUT2D eigenvalue weighted by Gasteiger charge is 2.34. The van der Waals surface area contributed by atoms with Crippen molar-refractivity contribution in [2.75, 3.05) is 31.1 Å². The van der Waals surface area contributed by atoms with E-state index < -0.39 is 0 Å². The lowest BCUT2D eigenvalue weighted by atomic mass is 9.95. The molecule has 2 fully saturated rings. The summed E-state index contributed by atoms with van der Waals surface area (Å²) in [6, 6.07) is 14.8. The summed E-state index contributed by atoms with van der Waals surface area (Å²) < 4.78 is 2.03. The van der Waals surface area contributed by atoms with E-state index in [9.17, 15) is 4.79 Å². The lowest BCUT2D eigenvalue weighted by Gasteiger charge is -2.40. The van der Waals surface area contributed by atoms with Gasteiger partial charge in [0.1, 0.15) is 6.04 Å². The molecule has 0 spiro atoms. The molecular formula is C30H37N7O.